The van der Waals surface area contributed by atoms with Crippen molar-refractivity contribution in [3.05, 3.63) is 71.6 Å². The van der Waals surface area contributed by atoms with E-state index in [1.54, 1.807) is 4.68 Å². The fourth-order valence-corrected chi connectivity index (χ4v) is 4.17. The summed E-state index contributed by atoms with van der Waals surface area (Å²) in [6.07, 6.45) is 0.755. The Bertz CT molecular complexity index is 1440. The lowest BCUT2D eigenvalue weighted by molar-refractivity contribution is 0.103. The molecule has 2 aromatic heterocycles. The number of nitrogens with two attached hydrogens (primary N) is 1. The van der Waals surface area contributed by atoms with Crippen molar-refractivity contribution in [2.45, 2.75) is 12.5 Å². The van der Waals surface area contributed by atoms with Crippen molar-refractivity contribution in [3.8, 4) is 11.3 Å². The number of nitrogen functional groups attached to an aromatic ring is 1. The summed E-state index contributed by atoms with van der Waals surface area (Å²) in [4.78, 5) is 33.6. The van der Waals surface area contributed by atoms with Crippen LogP contribution in [0.4, 0.5) is 19.4 Å². The molecule has 2 aromatic carbocycles. The molecule has 34 heavy (non-hydrogen) atoms. The second-order valence-corrected chi connectivity index (χ2v) is 7.95. The summed E-state index contributed by atoms with van der Waals surface area (Å²) in [5, 5.41) is 14.2. The first-order chi connectivity index (χ1) is 16.3. The van der Waals surface area contributed by atoms with E-state index in [0.29, 0.717) is 24.0 Å². The highest BCUT2D eigenvalue weighted by molar-refractivity contribution is 6.09. The van der Waals surface area contributed by atoms with Crippen LogP contribution in [0.1, 0.15) is 28.4 Å². The summed E-state index contributed by atoms with van der Waals surface area (Å²) in [6.45, 7) is 0.550. The largest absolute Gasteiger partial charge is 0.465 e. The molecule has 1 amide bonds. The first-order valence-corrected chi connectivity index (χ1v) is 10.4. The molecule has 3 N–H and O–H groups in total. The highest BCUT2D eigenvalue weighted by Gasteiger charge is 2.31. The average molecular weight is 464 g/mol. The second kappa shape index (κ2) is 8.18. The van der Waals surface area contributed by atoms with Crippen molar-refractivity contribution in [1.29, 1.82) is 0 Å². The molecular weight excluding hydrogens is 446 g/mol. The number of carboxylic acid groups (broad SMARTS) is 1. The summed E-state index contributed by atoms with van der Waals surface area (Å²) in [6, 6.07) is 8.65. The van der Waals surface area contributed by atoms with E-state index < -0.39 is 23.5 Å². The van der Waals surface area contributed by atoms with Gasteiger partial charge in [-0.15, -0.1) is 0 Å². The number of anilines is 1. The van der Waals surface area contributed by atoms with Crippen LogP contribution in [0.5, 0.6) is 0 Å². The minimum absolute atomic E-state index is 0.0914. The van der Waals surface area contributed by atoms with E-state index in [9.17, 15) is 19.1 Å². The van der Waals surface area contributed by atoms with Gasteiger partial charge in [-0.1, -0.05) is 6.07 Å². The van der Waals surface area contributed by atoms with Crippen LogP contribution in [0.15, 0.2) is 48.8 Å². The quantitative estimate of drug-likeness (QED) is 0.443. The number of aromatic nitrogens is 4. The normalized spacial score (nSPS) is 15.7. The third-order valence-electron chi connectivity index (χ3n) is 5.89. The van der Waals surface area contributed by atoms with Crippen molar-refractivity contribution >= 4 is 28.7 Å². The molecule has 0 spiro atoms. The summed E-state index contributed by atoms with van der Waals surface area (Å²) in [5.41, 5.74) is 7.05. The highest BCUT2D eigenvalue weighted by atomic mass is 19.1. The maximum atomic E-state index is 15.3. The molecule has 0 saturated carbocycles. The van der Waals surface area contributed by atoms with Gasteiger partial charge in [-0.05, 0) is 42.8 Å². The standard InChI is InChI=1S/C23H18F2N6O3/c24-14-4-1-12(2-5-14)20(32)13-3-6-16(17(25)9-13)19-18-21(26)27-11-28-22(18)31(29-19)15-7-8-30(10-15)23(33)34/h1-6,9,11,15H,7-8,10H2,(H,33,34)(H2,26,27,28)/t15-/m1/s1. The Morgan fingerprint density at radius 1 is 1.06 bits per heavy atom. The predicted molar refractivity (Wildman–Crippen MR) is 118 cm³/mol. The van der Waals surface area contributed by atoms with Crippen LogP contribution in [0.25, 0.3) is 22.3 Å². The Balaban J connectivity index is 1.56. The second-order valence-electron chi connectivity index (χ2n) is 7.95. The molecule has 1 fully saturated rings. The number of benzene rings is 2. The Labute approximate surface area is 191 Å². The molecule has 1 saturated heterocycles. The molecule has 3 heterocycles. The van der Waals surface area contributed by atoms with Crippen LogP contribution in [-0.2, 0) is 0 Å². The maximum Gasteiger partial charge on any atom is 0.407 e. The molecule has 5 rings (SSSR count). The van der Waals surface area contributed by atoms with Gasteiger partial charge in [0.15, 0.2) is 11.4 Å². The Morgan fingerprint density at radius 3 is 2.47 bits per heavy atom. The number of amides is 1. The van der Waals surface area contributed by atoms with E-state index in [1.165, 1.54) is 35.5 Å². The molecule has 172 valence electrons. The van der Waals surface area contributed by atoms with Gasteiger partial charge in [-0.3, -0.25) is 4.79 Å². The number of ketones is 1. The molecular formula is C23H18F2N6O3. The van der Waals surface area contributed by atoms with Crippen LogP contribution in [0.3, 0.4) is 0 Å². The lowest BCUT2D eigenvalue weighted by Gasteiger charge is -2.13. The van der Waals surface area contributed by atoms with Gasteiger partial charge < -0.3 is 15.7 Å². The van der Waals surface area contributed by atoms with E-state index in [4.69, 9.17) is 5.73 Å². The van der Waals surface area contributed by atoms with Crippen molar-refractivity contribution < 1.29 is 23.5 Å². The molecule has 1 atom stereocenters. The highest BCUT2D eigenvalue weighted by Crippen LogP contribution is 2.35. The minimum Gasteiger partial charge on any atom is -0.465 e. The van der Waals surface area contributed by atoms with Gasteiger partial charge in [0.05, 0.1) is 11.4 Å². The van der Waals surface area contributed by atoms with Crippen LogP contribution in [0, 0.1) is 11.6 Å². The van der Waals surface area contributed by atoms with Crippen LogP contribution >= 0.6 is 0 Å². The van der Waals surface area contributed by atoms with Gasteiger partial charge in [0.2, 0.25) is 0 Å². The Kier molecular flexibility index (Phi) is 5.16. The fraction of sp³-hybridized carbons (Fsp3) is 0.174. The lowest BCUT2D eigenvalue weighted by atomic mass is 10.00. The third kappa shape index (κ3) is 3.60. The topological polar surface area (TPSA) is 127 Å². The van der Waals surface area contributed by atoms with E-state index >= 15 is 4.39 Å². The van der Waals surface area contributed by atoms with Gasteiger partial charge in [-0.25, -0.2) is 28.2 Å². The number of carbonyl (C=O) groups is 2. The fourth-order valence-electron chi connectivity index (χ4n) is 4.17. The molecule has 0 bridgehead atoms. The van der Waals surface area contributed by atoms with E-state index in [-0.39, 0.29) is 40.8 Å². The zero-order valence-corrected chi connectivity index (χ0v) is 17.7. The van der Waals surface area contributed by atoms with Gasteiger partial charge in [0.25, 0.3) is 0 Å². The number of hydrogen-bond acceptors (Lipinski definition) is 6. The van der Waals surface area contributed by atoms with Crippen molar-refractivity contribution in [1.82, 2.24) is 24.6 Å². The third-order valence-corrected chi connectivity index (χ3v) is 5.89. The number of halogens is 2. The van der Waals surface area contributed by atoms with Crippen molar-refractivity contribution in [2.75, 3.05) is 18.8 Å². The Hall–Kier alpha value is -4.41. The Morgan fingerprint density at radius 2 is 1.79 bits per heavy atom. The van der Waals surface area contributed by atoms with Crippen LogP contribution in [-0.4, -0.2) is 54.7 Å². The number of likely N-dealkylation sites (tertiary alicyclic amines) is 1. The predicted octanol–water partition coefficient (Wildman–Crippen LogP) is 3.51. The monoisotopic (exact) mass is 464 g/mol. The molecule has 4 aromatic rings. The van der Waals surface area contributed by atoms with E-state index in [2.05, 4.69) is 15.1 Å². The van der Waals surface area contributed by atoms with Crippen LogP contribution < -0.4 is 5.73 Å². The average Bonchev–Trinajstić information content (AvgIpc) is 3.45. The number of nitrogens with zero attached hydrogens (tertiary/aromatic N) is 5. The SMILES string of the molecule is Nc1ncnc2c1c(-c1ccc(C(=O)c3ccc(F)cc3)cc1F)nn2[C@@H]1CCN(C(=O)O)C1. The number of fused-ring (bicyclic) bond motifs is 1. The van der Waals surface area contributed by atoms with Crippen molar-refractivity contribution in [3.63, 3.8) is 0 Å². The summed E-state index contributed by atoms with van der Waals surface area (Å²) >= 11 is 0. The van der Waals surface area contributed by atoms with Gasteiger partial charge in [-0.2, -0.15) is 5.10 Å². The van der Waals surface area contributed by atoms with E-state index in [1.807, 2.05) is 0 Å². The zero-order chi connectivity index (χ0) is 24.0. The molecule has 1 aliphatic heterocycles. The maximum absolute atomic E-state index is 15.3. The molecule has 0 radical (unpaired) electrons. The lowest BCUT2D eigenvalue weighted by Crippen LogP contribution is -2.27. The molecule has 9 nitrogen and oxygen atoms in total. The first kappa shape index (κ1) is 21.4. The smallest absolute Gasteiger partial charge is 0.407 e. The molecule has 0 unspecified atom stereocenters. The summed E-state index contributed by atoms with van der Waals surface area (Å²) < 4.78 is 30.0. The number of rotatable bonds is 4. The van der Waals surface area contributed by atoms with Crippen LogP contribution in [0.2, 0.25) is 0 Å². The summed E-state index contributed by atoms with van der Waals surface area (Å²) in [5.74, 6) is -1.54. The molecule has 1 aliphatic rings. The minimum atomic E-state index is -1.03. The first-order valence-electron chi connectivity index (χ1n) is 10.4. The number of carbonyl (C=O) groups excluding carboxylic acids is 1. The molecule has 0 aliphatic carbocycles. The van der Waals surface area contributed by atoms with Gasteiger partial charge in [0.1, 0.15) is 29.5 Å². The van der Waals surface area contributed by atoms with Gasteiger partial charge >= 0.3 is 6.09 Å². The number of hydrogen-bond donors (Lipinski definition) is 2. The zero-order valence-electron chi connectivity index (χ0n) is 17.7. The summed E-state index contributed by atoms with van der Waals surface area (Å²) in [7, 11) is 0. The van der Waals surface area contributed by atoms with Gasteiger partial charge in [0, 0.05) is 29.8 Å². The van der Waals surface area contributed by atoms with E-state index in [0.717, 1.165) is 18.2 Å². The van der Waals surface area contributed by atoms with Crippen molar-refractivity contribution in [2.24, 2.45) is 0 Å². The molecule has 11 heteroatoms.